The second kappa shape index (κ2) is 7.15. The molecule has 0 atom stereocenters. The van der Waals surface area contributed by atoms with Crippen LogP contribution in [0.2, 0.25) is 10.3 Å². The molecule has 5 nitrogen and oxygen atoms in total. The summed E-state index contributed by atoms with van der Waals surface area (Å²) >= 11 is 11.6. The highest BCUT2D eigenvalue weighted by Gasteiger charge is 2.22. The van der Waals surface area contributed by atoms with Crippen molar-refractivity contribution in [3.63, 3.8) is 0 Å². The topological polar surface area (TPSA) is 56.1 Å². The Balaban J connectivity index is 1.65. The van der Waals surface area contributed by atoms with Gasteiger partial charge in [-0.2, -0.15) is 0 Å². The van der Waals surface area contributed by atoms with Crippen molar-refractivity contribution in [1.29, 1.82) is 5.41 Å². The minimum atomic E-state index is 0.485. The molecule has 3 heterocycles. The van der Waals surface area contributed by atoms with E-state index in [9.17, 15) is 0 Å². The lowest BCUT2D eigenvalue weighted by Crippen LogP contribution is -2.48. The van der Waals surface area contributed by atoms with E-state index in [-0.39, 0.29) is 0 Å². The summed E-state index contributed by atoms with van der Waals surface area (Å²) in [6.45, 7) is 3.07. The van der Waals surface area contributed by atoms with Gasteiger partial charge in [0.15, 0.2) is 5.96 Å². The number of nitrogens with one attached hydrogen (secondary N) is 1. The van der Waals surface area contributed by atoms with Gasteiger partial charge in [-0.1, -0.05) is 35.3 Å². The van der Waals surface area contributed by atoms with Crippen LogP contribution in [0.3, 0.4) is 0 Å². The van der Waals surface area contributed by atoms with Crippen LogP contribution in [-0.4, -0.2) is 38.8 Å². The predicted molar refractivity (Wildman–Crippen MR) is 91.7 cm³/mol. The summed E-state index contributed by atoms with van der Waals surface area (Å²) in [4.78, 5) is 12.3. The third-order valence-electron chi connectivity index (χ3n) is 3.78. The normalized spacial score (nSPS) is 15.1. The van der Waals surface area contributed by atoms with E-state index in [1.54, 1.807) is 24.5 Å². The number of guanidine groups is 1. The van der Waals surface area contributed by atoms with E-state index < -0.39 is 0 Å². The molecular weight excluding hydrogens is 333 g/mol. The molecular formula is C16H17Cl2N5. The van der Waals surface area contributed by atoms with Crippen molar-refractivity contribution < 1.29 is 0 Å². The number of hydrogen-bond donors (Lipinski definition) is 1. The molecule has 0 aliphatic carbocycles. The largest absolute Gasteiger partial charge is 0.339 e. The average Bonchev–Trinajstić information content (AvgIpc) is 2.55. The molecule has 1 aliphatic heterocycles. The molecule has 7 heteroatoms. The molecule has 2 aromatic heterocycles. The minimum absolute atomic E-state index is 0.485. The number of pyridine rings is 2. The summed E-state index contributed by atoms with van der Waals surface area (Å²) in [6, 6.07) is 7.46. The van der Waals surface area contributed by atoms with Crippen LogP contribution < -0.4 is 0 Å². The van der Waals surface area contributed by atoms with Crippen molar-refractivity contribution in [2.24, 2.45) is 0 Å². The predicted octanol–water partition coefficient (Wildman–Crippen LogP) is 3.43. The molecule has 1 saturated heterocycles. The Bertz CT molecular complexity index is 614. The lowest BCUT2D eigenvalue weighted by atomic mass is 10.2. The third kappa shape index (κ3) is 4.12. The van der Waals surface area contributed by atoms with E-state index in [0.717, 1.165) is 30.6 Å². The molecule has 0 spiro atoms. The second-order valence-corrected chi connectivity index (χ2v) is 6.27. The van der Waals surface area contributed by atoms with Gasteiger partial charge in [0.05, 0.1) is 0 Å². The van der Waals surface area contributed by atoms with Gasteiger partial charge in [-0.25, -0.2) is 9.97 Å². The van der Waals surface area contributed by atoms with Gasteiger partial charge in [-0.3, -0.25) is 5.41 Å². The Morgan fingerprint density at radius 3 is 1.74 bits per heavy atom. The lowest BCUT2D eigenvalue weighted by molar-refractivity contribution is 0.244. The van der Waals surface area contributed by atoms with Gasteiger partial charge in [0, 0.05) is 38.6 Å². The second-order valence-electron chi connectivity index (χ2n) is 5.50. The van der Waals surface area contributed by atoms with Gasteiger partial charge >= 0.3 is 0 Å². The molecule has 120 valence electrons. The zero-order valence-electron chi connectivity index (χ0n) is 12.5. The third-order valence-corrected chi connectivity index (χ3v) is 4.23. The molecule has 2 aromatic rings. The van der Waals surface area contributed by atoms with Crippen molar-refractivity contribution in [3.05, 3.63) is 58.1 Å². The number of rotatable bonds is 4. The summed E-state index contributed by atoms with van der Waals surface area (Å²) in [6.07, 6.45) is 4.54. The first-order valence-corrected chi connectivity index (χ1v) is 8.17. The highest BCUT2D eigenvalue weighted by atomic mass is 35.5. The van der Waals surface area contributed by atoms with Gasteiger partial charge < -0.3 is 9.80 Å². The van der Waals surface area contributed by atoms with Gasteiger partial charge in [0.1, 0.15) is 10.3 Å². The molecule has 0 radical (unpaired) electrons. The maximum Gasteiger partial charge on any atom is 0.194 e. The van der Waals surface area contributed by atoms with Gasteiger partial charge in [-0.05, 0) is 29.7 Å². The Morgan fingerprint density at radius 2 is 1.35 bits per heavy atom. The van der Waals surface area contributed by atoms with E-state index in [4.69, 9.17) is 28.6 Å². The van der Waals surface area contributed by atoms with E-state index in [0.29, 0.717) is 29.4 Å². The Hall–Kier alpha value is -1.85. The smallest absolute Gasteiger partial charge is 0.194 e. The van der Waals surface area contributed by atoms with Crippen LogP contribution in [0.1, 0.15) is 17.5 Å². The maximum absolute atomic E-state index is 8.45. The maximum atomic E-state index is 8.45. The number of hydrogen-bond acceptors (Lipinski definition) is 3. The minimum Gasteiger partial charge on any atom is -0.339 e. The Labute approximate surface area is 145 Å². The first-order valence-electron chi connectivity index (χ1n) is 7.41. The van der Waals surface area contributed by atoms with Crippen molar-refractivity contribution in [1.82, 2.24) is 19.8 Å². The fraction of sp³-hybridized carbons (Fsp3) is 0.312. The van der Waals surface area contributed by atoms with Crippen LogP contribution in [-0.2, 0) is 13.1 Å². The molecule has 23 heavy (non-hydrogen) atoms. The number of nitrogens with zero attached hydrogens (tertiary/aromatic N) is 4. The summed E-state index contributed by atoms with van der Waals surface area (Å²) in [5.41, 5.74) is 2.10. The summed E-state index contributed by atoms with van der Waals surface area (Å²) in [5, 5.41) is 9.42. The standard InChI is InChI=1S/C16H17Cl2N5/c17-14-4-2-12(8-20-14)10-22-6-1-7-23(16(22)19)11-13-3-5-15(18)21-9-13/h2-5,8-9,19H,1,6-7,10-11H2. The SMILES string of the molecule is N=C1N(Cc2ccc(Cl)nc2)CCCN1Cc1ccc(Cl)nc1. The van der Waals surface area contributed by atoms with Crippen LogP contribution in [0, 0.1) is 5.41 Å². The Morgan fingerprint density at radius 1 is 0.870 bits per heavy atom. The summed E-state index contributed by atoms with van der Waals surface area (Å²) in [5.74, 6) is 0.529. The van der Waals surface area contributed by atoms with Crippen molar-refractivity contribution >= 4 is 29.2 Å². The quantitative estimate of drug-likeness (QED) is 0.859. The molecule has 3 rings (SSSR count). The van der Waals surface area contributed by atoms with Crippen LogP contribution in [0.25, 0.3) is 0 Å². The molecule has 0 bridgehead atoms. The Kier molecular flexibility index (Phi) is 4.98. The van der Waals surface area contributed by atoms with Crippen LogP contribution in [0.15, 0.2) is 36.7 Å². The number of aromatic nitrogens is 2. The van der Waals surface area contributed by atoms with Crippen LogP contribution in [0.5, 0.6) is 0 Å². The lowest BCUT2D eigenvalue weighted by Gasteiger charge is -2.38. The molecule has 0 unspecified atom stereocenters. The monoisotopic (exact) mass is 349 g/mol. The van der Waals surface area contributed by atoms with Crippen LogP contribution in [0.4, 0.5) is 0 Å². The van der Waals surface area contributed by atoms with E-state index in [2.05, 4.69) is 19.8 Å². The van der Waals surface area contributed by atoms with E-state index in [1.807, 2.05) is 12.1 Å². The van der Waals surface area contributed by atoms with Crippen molar-refractivity contribution in [2.45, 2.75) is 19.5 Å². The van der Waals surface area contributed by atoms with Gasteiger partial charge in [0.25, 0.3) is 0 Å². The number of halogens is 2. The highest BCUT2D eigenvalue weighted by Crippen LogP contribution is 2.16. The molecule has 1 aliphatic rings. The van der Waals surface area contributed by atoms with Crippen molar-refractivity contribution in [2.75, 3.05) is 13.1 Å². The average molecular weight is 350 g/mol. The molecule has 0 amide bonds. The zero-order valence-corrected chi connectivity index (χ0v) is 14.1. The molecule has 0 saturated carbocycles. The summed E-state index contributed by atoms with van der Waals surface area (Å²) < 4.78 is 0. The van der Waals surface area contributed by atoms with E-state index in [1.165, 1.54) is 0 Å². The first-order chi connectivity index (χ1) is 11.1. The molecule has 1 N–H and O–H groups in total. The van der Waals surface area contributed by atoms with Crippen LogP contribution >= 0.6 is 23.2 Å². The molecule has 0 aromatic carbocycles. The van der Waals surface area contributed by atoms with Crippen molar-refractivity contribution in [3.8, 4) is 0 Å². The summed E-state index contributed by atoms with van der Waals surface area (Å²) in [7, 11) is 0. The van der Waals surface area contributed by atoms with Gasteiger partial charge in [0.2, 0.25) is 0 Å². The van der Waals surface area contributed by atoms with E-state index >= 15 is 0 Å². The molecule has 1 fully saturated rings. The highest BCUT2D eigenvalue weighted by molar-refractivity contribution is 6.29. The zero-order chi connectivity index (χ0) is 16.2. The van der Waals surface area contributed by atoms with Gasteiger partial charge in [-0.15, -0.1) is 0 Å². The fourth-order valence-electron chi connectivity index (χ4n) is 2.61. The fourth-order valence-corrected chi connectivity index (χ4v) is 2.84. The first kappa shape index (κ1) is 16.0.